The second-order valence-electron chi connectivity index (χ2n) is 9.00. The first-order valence-corrected chi connectivity index (χ1v) is 14.0. The fraction of sp³-hybridized carbons (Fsp3) is 0.571. The highest BCUT2D eigenvalue weighted by Crippen LogP contribution is 2.38. The molecule has 0 aromatic heterocycles. The molecule has 0 radical (unpaired) electrons. The summed E-state index contributed by atoms with van der Waals surface area (Å²) in [6.45, 7) is 9.94. The molecule has 2 saturated heterocycles. The number of thiocarbonyl (C=S) groups is 1. The Labute approximate surface area is 183 Å². The minimum atomic E-state index is -1.85. The minimum absolute atomic E-state index is 0.101. The molecule has 2 heterocycles. The average Bonchev–Trinajstić information content (AvgIpc) is 3.08. The van der Waals surface area contributed by atoms with Gasteiger partial charge in [0.1, 0.15) is 19.2 Å². The van der Waals surface area contributed by atoms with Gasteiger partial charge in [-0.1, -0.05) is 37.8 Å². The van der Waals surface area contributed by atoms with Crippen molar-refractivity contribution in [3.63, 3.8) is 0 Å². The number of amides is 1. The summed E-state index contributed by atoms with van der Waals surface area (Å²) in [6, 6.07) is 9.04. The third-order valence-electron chi connectivity index (χ3n) is 5.04. The third-order valence-corrected chi connectivity index (χ3v) is 7.15. The average molecular weight is 452 g/mol. The third kappa shape index (κ3) is 5.26. The number of likely N-dealkylation sites (tertiary alicyclic amines) is 1. The van der Waals surface area contributed by atoms with E-state index in [2.05, 4.69) is 0 Å². The molecule has 3 atom stereocenters. The van der Waals surface area contributed by atoms with Crippen LogP contribution in [-0.2, 0) is 23.8 Å². The first kappa shape index (κ1) is 22.9. The smallest absolute Gasteiger partial charge is 0.359 e. The number of ether oxygens (including phenoxy) is 4. The minimum Gasteiger partial charge on any atom is -0.429 e. The van der Waals surface area contributed by atoms with Gasteiger partial charge in [-0.3, -0.25) is 4.79 Å². The summed E-state index contributed by atoms with van der Waals surface area (Å²) in [7, 11) is -1.85. The summed E-state index contributed by atoms with van der Waals surface area (Å²) in [5, 5.41) is 0.180. The second-order valence-corrected chi connectivity index (χ2v) is 14.4. The van der Waals surface area contributed by atoms with Gasteiger partial charge in [-0.15, -0.1) is 0 Å². The van der Waals surface area contributed by atoms with Crippen LogP contribution in [0.4, 0.5) is 0 Å². The second kappa shape index (κ2) is 8.74. The first-order valence-electron chi connectivity index (χ1n) is 10.1. The van der Waals surface area contributed by atoms with Crippen LogP contribution in [0.25, 0.3) is 0 Å². The predicted octanol–water partition coefficient (Wildman–Crippen LogP) is 3.28. The van der Waals surface area contributed by atoms with E-state index < -0.39 is 32.3 Å². The van der Waals surface area contributed by atoms with Crippen molar-refractivity contribution in [1.82, 2.24) is 4.90 Å². The molecule has 2 fully saturated rings. The van der Waals surface area contributed by atoms with Crippen LogP contribution in [0.1, 0.15) is 26.7 Å². The summed E-state index contributed by atoms with van der Waals surface area (Å²) >= 11 is 5.26. The van der Waals surface area contributed by atoms with E-state index >= 15 is 0 Å². The van der Waals surface area contributed by atoms with Gasteiger partial charge < -0.3 is 28.6 Å². The summed E-state index contributed by atoms with van der Waals surface area (Å²) < 4.78 is 23.2. The molecule has 0 bridgehead atoms. The van der Waals surface area contributed by atoms with Gasteiger partial charge in [-0.2, -0.15) is 0 Å². The summed E-state index contributed by atoms with van der Waals surface area (Å²) in [5.41, 5.74) is 0. The molecule has 30 heavy (non-hydrogen) atoms. The molecule has 1 amide bonds. The highest BCUT2D eigenvalue weighted by atomic mass is 32.1. The van der Waals surface area contributed by atoms with Crippen molar-refractivity contribution in [3.8, 4) is 5.75 Å². The van der Waals surface area contributed by atoms with Crippen molar-refractivity contribution in [2.24, 2.45) is 0 Å². The summed E-state index contributed by atoms with van der Waals surface area (Å²) in [5.74, 6) is -0.577. The van der Waals surface area contributed by atoms with Crippen LogP contribution in [0.5, 0.6) is 5.75 Å². The Bertz CT molecular complexity index is 809. The Morgan fingerprint density at radius 1 is 1.20 bits per heavy atom. The molecule has 3 rings (SSSR count). The van der Waals surface area contributed by atoms with Crippen LogP contribution in [0, 0.1) is 0 Å². The Kier molecular flexibility index (Phi) is 6.66. The lowest BCUT2D eigenvalue weighted by Gasteiger charge is -2.30. The molecule has 164 valence electrons. The highest BCUT2D eigenvalue weighted by molar-refractivity contribution is 7.79. The van der Waals surface area contributed by atoms with Crippen molar-refractivity contribution in [2.75, 3.05) is 6.54 Å². The van der Waals surface area contributed by atoms with Gasteiger partial charge in [0.05, 0.1) is 0 Å². The molecule has 1 aromatic rings. The fourth-order valence-corrected chi connectivity index (χ4v) is 4.64. The van der Waals surface area contributed by atoms with E-state index in [1.807, 2.05) is 37.8 Å². The van der Waals surface area contributed by atoms with Crippen LogP contribution < -0.4 is 4.74 Å². The zero-order chi connectivity index (χ0) is 22.1. The van der Waals surface area contributed by atoms with Crippen LogP contribution in [0.3, 0.4) is 0 Å². The van der Waals surface area contributed by atoms with Crippen LogP contribution >= 0.6 is 12.2 Å². The molecular formula is C21H29NO6SSi. The quantitative estimate of drug-likeness (QED) is 0.465. The van der Waals surface area contributed by atoms with Gasteiger partial charge in [0.2, 0.25) is 6.23 Å². The van der Waals surface area contributed by atoms with Crippen LogP contribution in [-0.4, -0.2) is 60.3 Å². The van der Waals surface area contributed by atoms with E-state index in [1.54, 1.807) is 30.9 Å². The van der Waals surface area contributed by atoms with Crippen molar-refractivity contribution >= 4 is 36.8 Å². The number of rotatable bonds is 7. The number of nitrogens with zero attached hydrogens (tertiary/aromatic N) is 1. The van der Waals surface area contributed by atoms with Crippen molar-refractivity contribution < 1.29 is 28.5 Å². The normalized spacial score (nSPS) is 25.2. The maximum absolute atomic E-state index is 13.0. The SMILES string of the molecule is CC1(C)O[C@@H]2[C@@H](OC(=S)Oc3ccccc3)N(CCCC(=O)[Si](C)(C)C)C(=O)[C@@H]2O1. The Hall–Kier alpha value is -1.81. The lowest BCUT2D eigenvalue weighted by Crippen LogP contribution is -2.44. The number of hydrogen-bond donors (Lipinski definition) is 0. The number of carbonyl (C=O) groups excluding carboxylic acids is 2. The lowest BCUT2D eigenvalue weighted by molar-refractivity contribution is -0.185. The van der Waals surface area contributed by atoms with E-state index in [9.17, 15) is 9.59 Å². The number of para-hydroxylation sites is 1. The van der Waals surface area contributed by atoms with E-state index in [0.717, 1.165) is 0 Å². The Morgan fingerprint density at radius 3 is 2.50 bits per heavy atom. The fourth-order valence-electron chi connectivity index (χ4n) is 3.52. The predicted molar refractivity (Wildman–Crippen MR) is 118 cm³/mol. The van der Waals surface area contributed by atoms with Crippen molar-refractivity contribution in [1.29, 1.82) is 0 Å². The zero-order valence-electron chi connectivity index (χ0n) is 18.0. The Balaban J connectivity index is 1.69. The maximum atomic E-state index is 13.0. The number of benzene rings is 1. The van der Waals surface area contributed by atoms with Gasteiger partial charge in [-0.05, 0) is 32.4 Å². The van der Waals surface area contributed by atoms with E-state index in [1.165, 1.54) is 0 Å². The first-order chi connectivity index (χ1) is 14.0. The maximum Gasteiger partial charge on any atom is 0.359 e. The van der Waals surface area contributed by atoms with Gasteiger partial charge in [-0.25, -0.2) is 0 Å². The summed E-state index contributed by atoms with van der Waals surface area (Å²) in [6.07, 6.45) is -1.19. The van der Waals surface area contributed by atoms with Crippen LogP contribution in [0.2, 0.25) is 19.6 Å². The number of hydrogen-bond acceptors (Lipinski definition) is 7. The van der Waals surface area contributed by atoms with Crippen molar-refractivity contribution in [3.05, 3.63) is 30.3 Å². The number of carbonyl (C=O) groups is 2. The van der Waals surface area contributed by atoms with E-state index in [-0.39, 0.29) is 16.6 Å². The zero-order valence-corrected chi connectivity index (χ0v) is 19.9. The molecule has 0 aliphatic carbocycles. The largest absolute Gasteiger partial charge is 0.429 e. The van der Waals surface area contributed by atoms with Crippen molar-refractivity contribution in [2.45, 2.75) is 70.6 Å². The standard InChI is InChI=1S/C21H29NO6SSi/c1-21(2)27-16-17(28-21)19(26-20(29)25-14-10-7-6-8-11-14)22(18(16)24)13-9-12-15(23)30(3,4)5/h6-8,10-11,16-17,19H,9,12-13H2,1-5H3/t16-,17+,19-/m1/s1. The van der Waals surface area contributed by atoms with E-state index in [0.29, 0.717) is 25.1 Å². The van der Waals surface area contributed by atoms with E-state index in [4.69, 9.17) is 31.2 Å². The molecule has 9 heteroatoms. The van der Waals surface area contributed by atoms with Crippen LogP contribution in [0.15, 0.2) is 30.3 Å². The van der Waals surface area contributed by atoms with Gasteiger partial charge >= 0.3 is 5.24 Å². The Morgan fingerprint density at radius 2 is 1.87 bits per heavy atom. The molecule has 2 aliphatic rings. The molecule has 0 unspecified atom stereocenters. The summed E-state index contributed by atoms with van der Waals surface area (Å²) in [4.78, 5) is 26.8. The van der Waals surface area contributed by atoms with Gasteiger partial charge in [0, 0.05) is 25.2 Å². The highest BCUT2D eigenvalue weighted by Gasteiger charge is 2.59. The molecule has 2 aliphatic heterocycles. The van der Waals surface area contributed by atoms with Gasteiger partial charge in [0.15, 0.2) is 18.0 Å². The monoisotopic (exact) mass is 451 g/mol. The molecule has 0 N–H and O–H groups in total. The number of fused-ring (bicyclic) bond motifs is 1. The topological polar surface area (TPSA) is 74.3 Å². The molecule has 0 spiro atoms. The molecular weight excluding hydrogens is 422 g/mol. The van der Waals surface area contributed by atoms with Gasteiger partial charge in [0.25, 0.3) is 5.91 Å². The lowest BCUT2D eigenvalue weighted by atomic mass is 10.2. The molecule has 7 nitrogen and oxygen atoms in total. The molecule has 1 aromatic carbocycles. The molecule has 0 saturated carbocycles.